The lowest BCUT2D eigenvalue weighted by Crippen LogP contribution is -2.47. The number of piperazine rings is 1. The van der Waals surface area contributed by atoms with Crippen molar-refractivity contribution in [3.8, 4) is 0 Å². The molecule has 0 saturated carbocycles. The predicted molar refractivity (Wildman–Crippen MR) is 71.2 cm³/mol. The molecule has 0 bridgehead atoms. The minimum absolute atomic E-state index is 0.00169. The van der Waals surface area contributed by atoms with E-state index in [2.05, 4.69) is 4.90 Å². The maximum absolute atomic E-state index is 13.4. The van der Waals surface area contributed by atoms with Crippen LogP contribution in [0.4, 0.5) is 8.78 Å². The molecule has 6 heteroatoms. The normalized spacial score (nSPS) is 16.7. The second-order valence-electron chi connectivity index (χ2n) is 4.55. The first-order chi connectivity index (χ1) is 9.06. The lowest BCUT2D eigenvalue weighted by atomic mass is 10.3. The van der Waals surface area contributed by atoms with E-state index in [-0.39, 0.29) is 11.7 Å². The van der Waals surface area contributed by atoms with Gasteiger partial charge in [0.05, 0.1) is 5.75 Å². The Labute approximate surface area is 115 Å². The summed E-state index contributed by atoms with van der Waals surface area (Å²) in [6, 6.07) is 3.40. The molecule has 1 saturated heterocycles. The zero-order valence-corrected chi connectivity index (χ0v) is 11.6. The van der Waals surface area contributed by atoms with Gasteiger partial charge in [-0.05, 0) is 19.2 Å². The maximum Gasteiger partial charge on any atom is 0.233 e. The van der Waals surface area contributed by atoms with Gasteiger partial charge in [-0.25, -0.2) is 8.78 Å². The van der Waals surface area contributed by atoms with E-state index in [1.54, 1.807) is 4.90 Å². The highest BCUT2D eigenvalue weighted by Gasteiger charge is 2.19. The number of benzene rings is 1. The third kappa shape index (κ3) is 3.91. The molecule has 0 unspecified atom stereocenters. The average Bonchev–Trinajstić information content (AvgIpc) is 2.38. The molecule has 1 aromatic carbocycles. The van der Waals surface area contributed by atoms with Crippen molar-refractivity contribution in [2.45, 2.75) is 4.90 Å². The fourth-order valence-corrected chi connectivity index (χ4v) is 2.70. The van der Waals surface area contributed by atoms with Gasteiger partial charge in [-0.15, -0.1) is 11.8 Å². The van der Waals surface area contributed by atoms with Gasteiger partial charge < -0.3 is 9.80 Å². The fourth-order valence-electron chi connectivity index (χ4n) is 1.88. The van der Waals surface area contributed by atoms with Gasteiger partial charge in [0, 0.05) is 37.1 Å². The SMILES string of the molecule is CN1CCN(C(=O)CSc2ccc(F)cc2F)CC1. The molecule has 19 heavy (non-hydrogen) atoms. The first kappa shape index (κ1) is 14.3. The molecule has 0 radical (unpaired) electrons. The topological polar surface area (TPSA) is 23.6 Å². The largest absolute Gasteiger partial charge is 0.339 e. The van der Waals surface area contributed by atoms with E-state index >= 15 is 0 Å². The summed E-state index contributed by atoms with van der Waals surface area (Å²) < 4.78 is 26.1. The molecule has 0 aromatic heterocycles. The van der Waals surface area contributed by atoms with Crippen LogP contribution in [0, 0.1) is 11.6 Å². The highest BCUT2D eigenvalue weighted by Crippen LogP contribution is 2.22. The molecule has 2 rings (SSSR count). The van der Waals surface area contributed by atoms with Crippen LogP contribution in [0.25, 0.3) is 0 Å². The van der Waals surface area contributed by atoms with E-state index in [0.29, 0.717) is 18.0 Å². The molecular weight excluding hydrogens is 270 g/mol. The van der Waals surface area contributed by atoms with Gasteiger partial charge in [-0.2, -0.15) is 0 Å². The monoisotopic (exact) mass is 286 g/mol. The predicted octanol–water partition coefficient (Wildman–Crippen LogP) is 1.83. The number of amides is 1. The fraction of sp³-hybridized carbons (Fsp3) is 0.462. The Balaban J connectivity index is 1.86. The molecular formula is C13H16F2N2OS. The highest BCUT2D eigenvalue weighted by molar-refractivity contribution is 8.00. The van der Waals surface area contributed by atoms with E-state index in [1.165, 1.54) is 12.1 Å². The summed E-state index contributed by atoms with van der Waals surface area (Å²) in [4.78, 5) is 16.2. The summed E-state index contributed by atoms with van der Waals surface area (Å²) in [5.41, 5.74) is 0. The molecule has 0 spiro atoms. The molecule has 1 amide bonds. The van der Waals surface area contributed by atoms with E-state index < -0.39 is 11.6 Å². The number of thioether (sulfide) groups is 1. The van der Waals surface area contributed by atoms with Crippen molar-refractivity contribution in [1.29, 1.82) is 0 Å². The van der Waals surface area contributed by atoms with E-state index in [4.69, 9.17) is 0 Å². The molecule has 0 N–H and O–H groups in total. The number of halogens is 2. The third-order valence-electron chi connectivity index (χ3n) is 3.10. The molecule has 0 aliphatic carbocycles. The van der Waals surface area contributed by atoms with Crippen LogP contribution in [-0.2, 0) is 4.79 Å². The second kappa shape index (κ2) is 6.34. The van der Waals surface area contributed by atoms with Gasteiger partial charge in [0.2, 0.25) is 5.91 Å². The van der Waals surface area contributed by atoms with Crippen molar-refractivity contribution < 1.29 is 13.6 Å². The van der Waals surface area contributed by atoms with Crippen molar-refractivity contribution in [2.75, 3.05) is 39.0 Å². The number of rotatable bonds is 3. The number of carbonyl (C=O) groups excluding carboxylic acids is 1. The molecule has 1 aliphatic rings. The van der Waals surface area contributed by atoms with E-state index in [1.807, 2.05) is 7.05 Å². The summed E-state index contributed by atoms with van der Waals surface area (Å²) in [7, 11) is 2.02. The Morgan fingerprint density at radius 3 is 2.58 bits per heavy atom. The summed E-state index contributed by atoms with van der Waals surface area (Å²) in [6.07, 6.45) is 0. The van der Waals surface area contributed by atoms with Crippen LogP contribution >= 0.6 is 11.8 Å². The van der Waals surface area contributed by atoms with Gasteiger partial charge >= 0.3 is 0 Å². The van der Waals surface area contributed by atoms with Crippen LogP contribution in [0.1, 0.15) is 0 Å². The van der Waals surface area contributed by atoms with E-state index in [0.717, 1.165) is 30.9 Å². The van der Waals surface area contributed by atoms with Gasteiger partial charge in [-0.1, -0.05) is 0 Å². The van der Waals surface area contributed by atoms with Gasteiger partial charge in [0.25, 0.3) is 0 Å². The Morgan fingerprint density at radius 1 is 1.26 bits per heavy atom. The van der Waals surface area contributed by atoms with Gasteiger partial charge in [0.1, 0.15) is 11.6 Å². The number of carbonyl (C=O) groups is 1. The van der Waals surface area contributed by atoms with Crippen LogP contribution in [-0.4, -0.2) is 54.7 Å². The van der Waals surface area contributed by atoms with Crippen molar-refractivity contribution in [2.24, 2.45) is 0 Å². The number of likely N-dealkylation sites (N-methyl/N-ethyl adjacent to an activating group) is 1. The number of hydrogen-bond donors (Lipinski definition) is 0. The van der Waals surface area contributed by atoms with Gasteiger partial charge in [-0.3, -0.25) is 4.79 Å². The highest BCUT2D eigenvalue weighted by atomic mass is 32.2. The second-order valence-corrected chi connectivity index (χ2v) is 5.56. The van der Waals surface area contributed by atoms with Crippen molar-refractivity contribution in [1.82, 2.24) is 9.80 Å². The minimum Gasteiger partial charge on any atom is -0.339 e. The molecule has 104 valence electrons. The van der Waals surface area contributed by atoms with Crippen molar-refractivity contribution in [3.05, 3.63) is 29.8 Å². The standard InChI is InChI=1S/C13H16F2N2OS/c1-16-4-6-17(7-5-16)13(18)9-19-12-3-2-10(14)8-11(12)15/h2-3,8H,4-7,9H2,1H3. The lowest BCUT2D eigenvalue weighted by molar-refractivity contribution is -0.129. The Hall–Kier alpha value is -1.14. The molecule has 1 aliphatic heterocycles. The Bertz CT molecular complexity index is 462. The smallest absolute Gasteiger partial charge is 0.233 e. The van der Waals surface area contributed by atoms with Crippen LogP contribution in [0.5, 0.6) is 0 Å². The Kier molecular flexibility index (Phi) is 4.76. The van der Waals surface area contributed by atoms with Crippen molar-refractivity contribution in [3.63, 3.8) is 0 Å². The molecule has 3 nitrogen and oxygen atoms in total. The van der Waals surface area contributed by atoms with Crippen LogP contribution in [0.3, 0.4) is 0 Å². The Morgan fingerprint density at radius 2 is 1.95 bits per heavy atom. The van der Waals surface area contributed by atoms with Crippen LogP contribution in [0.15, 0.2) is 23.1 Å². The van der Waals surface area contributed by atoms with E-state index in [9.17, 15) is 13.6 Å². The molecule has 1 heterocycles. The summed E-state index contributed by atoms with van der Waals surface area (Å²) >= 11 is 1.11. The quantitative estimate of drug-likeness (QED) is 0.792. The minimum atomic E-state index is -0.615. The lowest BCUT2D eigenvalue weighted by Gasteiger charge is -2.32. The molecule has 1 aromatic rings. The zero-order chi connectivity index (χ0) is 13.8. The number of hydrogen-bond acceptors (Lipinski definition) is 3. The van der Waals surface area contributed by atoms with Crippen molar-refractivity contribution >= 4 is 17.7 Å². The molecule has 0 atom stereocenters. The van der Waals surface area contributed by atoms with Gasteiger partial charge in [0.15, 0.2) is 0 Å². The van der Waals surface area contributed by atoms with Crippen LogP contribution < -0.4 is 0 Å². The summed E-state index contributed by atoms with van der Waals surface area (Å²) in [5, 5.41) is 0. The summed E-state index contributed by atoms with van der Waals surface area (Å²) in [6.45, 7) is 3.15. The summed E-state index contributed by atoms with van der Waals surface area (Å²) in [5.74, 6) is -1.03. The average molecular weight is 286 g/mol. The molecule has 1 fully saturated rings. The first-order valence-electron chi connectivity index (χ1n) is 6.10. The van der Waals surface area contributed by atoms with Crippen LogP contribution in [0.2, 0.25) is 0 Å². The number of nitrogens with zero attached hydrogens (tertiary/aromatic N) is 2. The third-order valence-corrected chi connectivity index (χ3v) is 4.13. The zero-order valence-electron chi connectivity index (χ0n) is 10.7. The first-order valence-corrected chi connectivity index (χ1v) is 7.09. The maximum atomic E-state index is 13.4.